The predicted octanol–water partition coefficient (Wildman–Crippen LogP) is 2.78. The van der Waals surface area contributed by atoms with Crippen LogP contribution in [0.5, 0.6) is 5.75 Å². The lowest BCUT2D eigenvalue weighted by atomic mass is 9.96. The zero-order chi connectivity index (χ0) is 15.4. The van der Waals surface area contributed by atoms with Gasteiger partial charge in [-0.1, -0.05) is 6.07 Å². The van der Waals surface area contributed by atoms with Gasteiger partial charge in [0.2, 0.25) is 0 Å². The topological polar surface area (TPSA) is 72.2 Å². The van der Waals surface area contributed by atoms with Gasteiger partial charge < -0.3 is 9.47 Å². The van der Waals surface area contributed by atoms with Crippen LogP contribution in [0.2, 0.25) is 0 Å². The first-order valence-electron chi connectivity index (χ1n) is 6.65. The van der Waals surface area contributed by atoms with E-state index in [9.17, 15) is 10.1 Å². The monoisotopic (exact) mass is 284 g/mol. The Balaban J connectivity index is 2.61. The van der Waals surface area contributed by atoms with Crippen LogP contribution < -0.4 is 4.74 Å². The Bertz CT molecular complexity index is 719. The zero-order valence-electron chi connectivity index (χ0n) is 12.2. The summed E-state index contributed by atoms with van der Waals surface area (Å²) in [5.74, 6) is -0.107. The summed E-state index contributed by atoms with van der Waals surface area (Å²) in [6, 6.07) is 7.44. The van der Waals surface area contributed by atoms with E-state index in [1.54, 1.807) is 39.3 Å². The molecule has 0 spiro atoms. The van der Waals surface area contributed by atoms with E-state index in [4.69, 9.17) is 9.47 Å². The first-order chi connectivity index (χ1) is 10.1. The van der Waals surface area contributed by atoms with Crippen LogP contribution in [0.4, 0.5) is 0 Å². The van der Waals surface area contributed by atoms with Crippen molar-refractivity contribution in [1.82, 2.24) is 4.98 Å². The van der Waals surface area contributed by atoms with Gasteiger partial charge in [0.05, 0.1) is 19.6 Å². The summed E-state index contributed by atoms with van der Waals surface area (Å²) in [5.41, 5.74) is 1.05. The maximum absolute atomic E-state index is 11.9. The summed E-state index contributed by atoms with van der Waals surface area (Å²) in [5, 5.41) is 10.7. The number of rotatable bonds is 4. The molecule has 0 fully saturated rings. The Kier molecular flexibility index (Phi) is 4.39. The zero-order valence-corrected chi connectivity index (χ0v) is 12.2. The number of carbonyl (C=O) groups excluding carboxylic acids is 1. The fraction of sp³-hybridized carbons (Fsp3) is 0.312. The van der Waals surface area contributed by atoms with E-state index in [1.165, 1.54) is 0 Å². The van der Waals surface area contributed by atoms with Crippen molar-refractivity contribution in [3.8, 4) is 11.8 Å². The Labute approximate surface area is 123 Å². The fourth-order valence-corrected chi connectivity index (χ4v) is 2.20. The largest absolute Gasteiger partial charge is 0.497 e. The second-order valence-electron chi connectivity index (χ2n) is 4.56. The molecule has 0 aliphatic rings. The van der Waals surface area contributed by atoms with Crippen LogP contribution >= 0.6 is 0 Å². The van der Waals surface area contributed by atoms with E-state index in [1.807, 2.05) is 6.07 Å². The van der Waals surface area contributed by atoms with Crippen LogP contribution in [-0.4, -0.2) is 24.7 Å². The van der Waals surface area contributed by atoms with Crippen LogP contribution in [0.1, 0.15) is 31.0 Å². The smallest absolute Gasteiger partial charge is 0.313 e. The number of benzene rings is 1. The van der Waals surface area contributed by atoms with Crippen LogP contribution in [0.15, 0.2) is 24.4 Å². The van der Waals surface area contributed by atoms with Crippen molar-refractivity contribution in [3.63, 3.8) is 0 Å². The van der Waals surface area contributed by atoms with Crippen molar-refractivity contribution < 1.29 is 14.3 Å². The number of hydrogen-bond acceptors (Lipinski definition) is 5. The number of fused-ring (bicyclic) bond motifs is 1. The average molecular weight is 284 g/mol. The van der Waals surface area contributed by atoms with E-state index < -0.39 is 5.92 Å². The van der Waals surface area contributed by atoms with Gasteiger partial charge in [0.1, 0.15) is 17.5 Å². The molecule has 0 bridgehead atoms. The number of nitriles is 1. The van der Waals surface area contributed by atoms with Crippen LogP contribution in [0.25, 0.3) is 10.8 Å². The molecule has 2 aromatic rings. The molecule has 0 aliphatic heterocycles. The molecule has 108 valence electrons. The molecule has 1 aromatic carbocycles. The summed E-state index contributed by atoms with van der Waals surface area (Å²) in [7, 11) is 1.56. The van der Waals surface area contributed by atoms with Crippen LogP contribution in [0.3, 0.4) is 0 Å². The third-order valence-electron chi connectivity index (χ3n) is 3.34. The van der Waals surface area contributed by atoms with E-state index in [2.05, 4.69) is 11.1 Å². The normalized spacial score (nSPS) is 11.7. The summed E-state index contributed by atoms with van der Waals surface area (Å²) in [6.45, 7) is 3.87. The first kappa shape index (κ1) is 14.8. The molecular formula is C16H16N2O3. The number of methoxy groups -OCH3 is 1. The summed E-state index contributed by atoms with van der Waals surface area (Å²) in [4.78, 5) is 16.1. The minimum absolute atomic E-state index is 0.305. The molecule has 1 atom stereocenters. The Hall–Kier alpha value is -2.61. The highest BCUT2D eigenvalue weighted by molar-refractivity contribution is 5.94. The lowest BCUT2D eigenvalue weighted by molar-refractivity contribution is -0.144. The van der Waals surface area contributed by atoms with Gasteiger partial charge in [0.25, 0.3) is 0 Å². The second kappa shape index (κ2) is 6.23. The average Bonchev–Trinajstić information content (AvgIpc) is 2.52. The van der Waals surface area contributed by atoms with Crippen molar-refractivity contribution in [2.24, 2.45) is 0 Å². The summed E-state index contributed by atoms with van der Waals surface area (Å²) in [6.07, 6.45) is 1.56. The SMILES string of the molecule is CCOC(=O)C(C)c1cnc(C#N)c2cc(OC)ccc12. The predicted molar refractivity (Wildman–Crippen MR) is 78.1 cm³/mol. The van der Waals surface area contributed by atoms with Gasteiger partial charge in [0, 0.05) is 11.6 Å². The minimum atomic E-state index is -0.443. The molecule has 2 rings (SSSR count). The maximum atomic E-state index is 11.9. The van der Waals surface area contributed by atoms with E-state index >= 15 is 0 Å². The second-order valence-corrected chi connectivity index (χ2v) is 4.56. The maximum Gasteiger partial charge on any atom is 0.313 e. The molecule has 1 heterocycles. The molecule has 0 radical (unpaired) electrons. The van der Waals surface area contributed by atoms with Crippen molar-refractivity contribution in [3.05, 3.63) is 35.7 Å². The van der Waals surface area contributed by atoms with Gasteiger partial charge in [-0.15, -0.1) is 0 Å². The van der Waals surface area contributed by atoms with E-state index in [-0.39, 0.29) is 5.97 Å². The molecular weight excluding hydrogens is 268 g/mol. The molecule has 0 aliphatic carbocycles. The van der Waals surface area contributed by atoms with Gasteiger partial charge in [-0.2, -0.15) is 5.26 Å². The summed E-state index contributed by atoms with van der Waals surface area (Å²) < 4.78 is 10.2. The highest BCUT2D eigenvalue weighted by Crippen LogP contribution is 2.30. The van der Waals surface area contributed by atoms with Gasteiger partial charge >= 0.3 is 5.97 Å². The number of pyridine rings is 1. The van der Waals surface area contributed by atoms with Crippen molar-refractivity contribution in [2.45, 2.75) is 19.8 Å². The molecule has 5 nitrogen and oxygen atoms in total. The van der Waals surface area contributed by atoms with E-state index in [0.29, 0.717) is 23.4 Å². The molecule has 1 aromatic heterocycles. The standard InChI is InChI=1S/C16H16N2O3/c1-4-21-16(19)10(2)14-9-18-15(8-17)13-7-11(20-3)5-6-12(13)14/h5-7,9-10H,4H2,1-3H3. The van der Waals surface area contributed by atoms with E-state index in [0.717, 1.165) is 10.9 Å². The highest BCUT2D eigenvalue weighted by atomic mass is 16.5. The van der Waals surface area contributed by atoms with Gasteiger partial charge in [-0.05, 0) is 36.9 Å². The molecule has 0 saturated heterocycles. The Morgan fingerprint density at radius 2 is 2.19 bits per heavy atom. The Morgan fingerprint density at radius 1 is 1.43 bits per heavy atom. The van der Waals surface area contributed by atoms with Crippen molar-refractivity contribution in [2.75, 3.05) is 13.7 Å². The Morgan fingerprint density at radius 3 is 2.81 bits per heavy atom. The lowest BCUT2D eigenvalue weighted by Crippen LogP contribution is -2.13. The van der Waals surface area contributed by atoms with Gasteiger partial charge in [-0.3, -0.25) is 4.79 Å². The fourth-order valence-electron chi connectivity index (χ4n) is 2.20. The molecule has 5 heteroatoms. The lowest BCUT2D eigenvalue weighted by Gasteiger charge is -2.14. The third kappa shape index (κ3) is 2.79. The van der Waals surface area contributed by atoms with Gasteiger partial charge in [0.15, 0.2) is 0 Å². The molecule has 0 saturated carbocycles. The number of aromatic nitrogens is 1. The van der Waals surface area contributed by atoms with Gasteiger partial charge in [-0.25, -0.2) is 4.98 Å². The minimum Gasteiger partial charge on any atom is -0.497 e. The van der Waals surface area contributed by atoms with Crippen LogP contribution in [0, 0.1) is 11.3 Å². The first-order valence-corrected chi connectivity index (χ1v) is 6.65. The van der Waals surface area contributed by atoms with Crippen molar-refractivity contribution >= 4 is 16.7 Å². The summed E-state index contributed by atoms with van der Waals surface area (Å²) >= 11 is 0. The molecule has 0 amide bonds. The number of hydrogen-bond donors (Lipinski definition) is 0. The third-order valence-corrected chi connectivity index (χ3v) is 3.34. The number of carbonyl (C=O) groups is 1. The molecule has 1 unspecified atom stereocenters. The molecule has 0 N–H and O–H groups in total. The highest BCUT2D eigenvalue weighted by Gasteiger charge is 2.20. The number of nitrogens with zero attached hydrogens (tertiary/aromatic N) is 2. The molecule has 21 heavy (non-hydrogen) atoms. The number of ether oxygens (including phenoxy) is 2. The van der Waals surface area contributed by atoms with Crippen molar-refractivity contribution in [1.29, 1.82) is 5.26 Å². The van der Waals surface area contributed by atoms with Crippen LogP contribution in [-0.2, 0) is 9.53 Å². The number of esters is 1. The quantitative estimate of drug-likeness (QED) is 0.807.